The standard InChI is InChI=1S/C3H4BrF/c4-2-1-3(2)5/h2-3H,1H2. The number of rotatable bonds is 0. The van der Waals surface area contributed by atoms with Gasteiger partial charge >= 0.3 is 0 Å². The van der Waals surface area contributed by atoms with Crippen molar-refractivity contribution in [2.75, 3.05) is 0 Å². The third-order valence-corrected chi connectivity index (χ3v) is 1.59. The van der Waals surface area contributed by atoms with E-state index in [1.165, 1.54) is 0 Å². The van der Waals surface area contributed by atoms with Crippen LogP contribution in [0.4, 0.5) is 4.39 Å². The lowest BCUT2D eigenvalue weighted by atomic mass is 10.9. The molecule has 0 nitrogen and oxygen atoms in total. The highest BCUT2D eigenvalue weighted by Crippen LogP contribution is 2.32. The van der Waals surface area contributed by atoms with Gasteiger partial charge in [-0.2, -0.15) is 0 Å². The summed E-state index contributed by atoms with van der Waals surface area (Å²) in [6, 6.07) is 0. The highest BCUT2D eigenvalue weighted by Gasteiger charge is 2.34. The number of alkyl halides is 2. The molecule has 0 aromatic rings. The third-order valence-electron chi connectivity index (χ3n) is 0.640. The van der Waals surface area contributed by atoms with Crippen LogP contribution in [0.5, 0.6) is 0 Å². The first kappa shape index (κ1) is 3.59. The summed E-state index contributed by atoms with van der Waals surface area (Å²) in [5.74, 6) is 0. The Bertz CT molecular complexity index is 40.2. The topological polar surface area (TPSA) is 0 Å². The van der Waals surface area contributed by atoms with E-state index < -0.39 is 6.17 Å². The van der Waals surface area contributed by atoms with E-state index in [1.807, 2.05) is 0 Å². The summed E-state index contributed by atoms with van der Waals surface area (Å²) in [4.78, 5) is 0.197. The van der Waals surface area contributed by atoms with Crippen LogP contribution in [0.2, 0.25) is 0 Å². The Hall–Kier alpha value is 0.410. The van der Waals surface area contributed by atoms with Crippen LogP contribution in [0.1, 0.15) is 6.42 Å². The molecule has 2 heteroatoms. The Morgan fingerprint density at radius 3 is 2.00 bits per heavy atom. The van der Waals surface area contributed by atoms with Gasteiger partial charge in [0.25, 0.3) is 0 Å². The summed E-state index contributed by atoms with van der Waals surface area (Å²) in [6.45, 7) is 0. The minimum atomic E-state index is -0.532. The minimum absolute atomic E-state index is 0.197. The molecule has 0 heterocycles. The quantitative estimate of drug-likeness (QED) is 0.446. The van der Waals surface area contributed by atoms with Crippen LogP contribution in [0.3, 0.4) is 0 Å². The molecule has 0 aromatic heterocycles. The molecule has 0 radical (unpaired) electrons. The van der Waals surface area contributed by atoms with Crippen LogP contribution in [0, 0.1) is 0 Å². The van der Waals surface area contributed by atoms with Crippen molar-refractivity contribution in [1.82, 2.24) is 0 Å². The van der Waals surface area contributed by atoms with Gasteiger partial charge in [0.1, 0.15) is 6.17 Å². The van der Waals surface area contributed by atoms with Crippen LogP contribution in [-0.4, -0.2) is 11.0 Å². The van der Waals surface area contributed by atoms with Gasteiger partial charge in [-0.05, 0) is 6.42 Å². The molecule has 1 aliphatic carbocycles. The van der Waals surface area contributed by atoms with Gasteiger partial charge in [0, 0.05) is 4.83 Å². The first-order valence-electron chi connectivity index (χ1n) is 1.59. The van der Waals surface area contributed by atoms with E-state index in [-0.39, 0.29) is 4.83 Å². The number of halogens is 2. The normalized spacial score (nSPS) is 49.2. The first-order chi connectivity index (χ1) is 2.30. The van der Waals surface area contributed by atoms with Crippen LogP contribution < -0.4 is 0 Å². The molecular formula is C3H4BrF. The van der Waals surface area contributed by atoms with Crippen LogP contribution in [0.25, 0.3) is 0 Å². The summed E-state index contributed by atoms with van der Waals surface area (Å²) in [6.07, 6.45) is 0.190. The van der Waals surface area contributed by atoms with Gasteiger partial charge in [-0.3, -0.25) is 0 Å². The zero-order valence-electron chi connectivity index (χ0n) is 2.62. The molecule has 1 aliphatic rings. The molecule has 1 saturated carbocycles. The van der Waals surface area contributed by atoms with Crippen molar-refractivity contribution in [3.05, 3.63) is 0 Å². The molecule has 5 heavy (non-hydrogen) atoms. The molecule has 0 bridgehead atoms. The summed E-state index contributed by atoms with van der Waals surface area (Å²) in [5, 5.41) is 0. The van der Waals surface area contributed by atoms with Gasteiger partial charge in [0.2, 0.25) is 0 Å². The third kappa shape index (κ3) is 0.623. The summed E-state index contributed by atoms with van der Waals surface area (Å²) in [7, 11) is 0. The van der Waals surface area contributed by atoms with Crippen LogP contribution in [0.15, 0.2) is 0 Å². The molecule has 0 aliphatic heterocycles. The monoisotopic (exact) mass is 138 g/mol. The lowest BCUT2D eigenvalue weighted by molar-refractivity contribution is 0.483. The van der Waals surface area contributed by atoms with Crippen LogP contribution in [-0.2, 0) is 0 Å². The summed E-state index contributed by atoms with van der Waals surface area (Å²) in [5.41, 5.74) is 0. The summed E-state index contributed by atoms with van der Waals surface area (Å²) >= 11 is 3.07. The highest BCUT2D eigenvalue weighted by molar-refractivity contribution is 9.09. The maximum atomic E-state index is 11.5. The van der Waals surface area contributed by atoms with Gasteiger partial charge in [-0.1, -0.05) is 15.9 Å². The molecule has 0 amide bonds. The van der Waals surface area contributed by atoms with Crippen molar-refractivity contribution in [3.63, 3.8) is 0 Å². The molecule has 0 spiro atoms. The second-order valence-electron chi connectivity index (χ2n) is 1.27. The fourth-order valence-corrected chi connectivity index (χ4v) is 0.494. The number of hydrogen-bond acceptors (Lipinski definition) is 0. The smallest absolute Gasteiger partial charge is 0.114 e. The van der Waals surface area contributed by atoms with E-state index in [0.29, 0.717) is 0 Å². The van der Waals surface area contributed by atoms with Crippen molar-refractivity contribution in [2.24, 2.45) is 0 Å². The Labute approximate surface area is 38.5 Å². The van der Waals surface area contributed by atoms with Crippen molar-refractivity contribution in [2.45, 2.75) is 17.4 Å². The summed E-state index contributed by atoms with van der Waals surface area (Å²) < 4.78 is 11.5. The molecule has 2 unspecified atom stereocenters. The van der Waals surface area contributed by atoms with Crippen molar-refractivity contribution < 1.29 is 4.39 Å². The molecule has 1 fully saturated rings. The SMILES string of the molecule is FC1CC1Br. The van der Waals surface area contributed by atoms with Crippen molar-refractivity contribution in [1.29, 1.82) is 0 Å². The van der Waals surface area contributed by atoms with E-state index in [4.69, 9.17) is 0 Å². The fraction of sp³-hybridized carbons (Fsp3) is 1.00. The van der Waals surface area contributed by atoms with E-state index in [9.17, 15) is 4.39 Å². The first-order valence-corrected chi connectivity index (χ1v) is 2.50. The Morgan fingerprint density at radius 1 is 1.80 bits per heavy atom. The molecule has 30 valence electrons. The maximum absolute atomic E-state index is 11.5. The molecule has 0 aromatic carbocycles. The van der Waals surface area contributed by atoms with Gasteiger partial charge in [-0.15, -0.1) is 0 Å². The predicted octanol–water partition coefficient (Wildman–Crippen LogP) is 1.49. The zero-order valence-corrected chi connectivity index (χ0v) is 4.20. The van der Waals surface area contributed by atoms with Crippen molar-refractivity contribution >= 4 is 15.9 Å². The van der Waals surface area contributed by atoms with Crippen LogP contribution >= 0.6 is 15.9 Å². The Morgan fingerprint density at radius 2 is 2.00 bits per heavy atom. The Balaban J connectivity index is 2.20. The average Bonchev–Trinajstić information content (AvgIpc) is 1.79. The van der Waals surface area contributed by atoms with Gasteiger partial charge in [0.05, 0.1) is 0 Å². The van der Waals surface area contributed by atoms with E-state index >= 15 is 0 Å². The predicted molar refractivity (Wildman–Crippen MR) is 22.2 cm³/mol. The lowest BCUT2D eigenvalue weighted by Gasteiger charge is -1.61. The van der Waals surface area contributed by atoms with Gasteiger partial charge in [0.15, 0.2) is 0 Å². The largest absolute Gasteiger partial charge is 0.246 e. The van der Waals surface area contributed by atoms with Gasteiger partial charge < -0.3 is 0 Å². The highest BCUT2D eigenvalue weighted by atomic mass is 79.9. The fourth-order valence-electron chi connectivity index (χ4n) is 0.137. The van der Waals surface area contributed by atoms with E-state index in [2.05, 4.69) is 15.9 Å². The second kappa shape index (κ2) is 0.934. The average molecular weight is 139 g/mol. The number of hydrogen-bond donors (Lipinski definition) is 0. The molecule has 2 atom stereocenters. The minimum Gasteiger partial charge on any atom is -0.246 e. The van der Waals surface area contributed by atoms with Crippen molar-refractivity contribution in [3.8, 4) is 0 Å². The molecule has 0 saturated heterocycles. The Kier molecular flexibility index (Phi) is 0.671. The maximum Gasteiger partial charge on any atom is 0.114 e. The molecule has 0 N–H and O–H groups in total. The van der Waals surface area contributed by atoms with E-state index in [1.54, 1.807) is 0 Å². The van der Waals surface area contributed by atoms with E-state index in [0.717, 1.165) is 6.42 Å². The molecule has 1 rings (SSSR count). The molecular weight excluding hydrogens is 135 g/mol. The van der Waals surface area contributed by atoms with Gasteiger partial charge in [-0.25, -0.2) is 4.39 Å². The second-order valence-corrected chi connectivity index (χ2v) is 2.44. The zero-order chi connectivity index (χ0) is 3.86. The lowest BCUT2D eigenvalue weighted by Crippen LogP contribution is -1.65.